The molecule has 5 atom stereocenters. The van der Waals surface area contributed by atoms with Gasteiger partial charge in [-0.15, -0.1) is 0 Å². The van der Waals surface area contributed by atoms with E-state index in [1.54, 1.807) is 24.3 Å². The van der Waals surface area contributed by atoms with Gasteiger partial charge in [0.15, 0.2) is 6.29 Å². The molecule has 0 saturated carbocycles. The van der Waals surface area contributed by atoms with Crippen LogP contribution in [0.2, 0.25) is 5.02 Å². The number of benzene rings is 1. The van der Waals surface area contributed by atoms with Gasteiger partial charge in [0.25, 0.3) is 0 Å². The maximum absolute atomic E-state index is 9.89. The molecule has 1 unspecified atom stereocenters. The predicted octanol–water partition coefficient (Wildman–Crippen LogP) is -0.171. The molecule has 0 bridgehead atoms. The van der Waals surface area contributed by atoms with Gasteiger partial charge in [-0.1, -0.05) is 23.7 Å². The Hall–Kier alpha value is -0.730. The highest BCUT2D eigenvalue weighted by atomic mass is 35.5. The van der Waals surface area contributed by atoms with Crippen LogP contribution in [0.15, 0.2) is 24.3 Å². The highest BCUT2D eigenvalue weighted by molar-refractivity contribution is 6.30. The lowest BCUT2D eigenvalue weighted by Crippen LogP contribution is -2.47. The second-order valence-electron chi connectivity index (χ2n) is 4.63. The van der Waals surface area contributed by atoms with Gasteiger partial charge in [-0.2, -0.15) is 0 Å². The number of aliphatic hydroxyl groups is 4. The molecular formula is C13H17ClO6. The summed E-state index contributed by atoms with van der Waals surface area (Å²) in [5.74, 6) is 0. The summed E-state index contributed by atoms with van der Waals surface area (Å²) in [7, 11) is 0. The normalized spacial score (nSPS) is 32.6. The quantitative estimate of drug-likeness (QED) is 0.619. The molecule has 7 heteroatoms. The number of halogens is 1. The highest BCUT2D eigenvalue weighted by Crippen LogP contribution is 2.28. The van der Waals surface area contributed by atoms with Crippen molar-refractivity contribution in [2.45, 2.75) is 30.7 Å². The first-order chi connectivity index (χ1) is 9.52. The molecule has 6 nitrogen and oxygen atoms in total. The summed E-state index contributed by atoms with van der Waals surface area (Å²) in [5, 5.41) is 38.8. The Kier molecular flexibility index (Phi) is 5.34. The van der Waals surface area contributed by atoms with Gasteiger partial charge < -0.3 is 29.9 Å². The second-order valence-corrected chi connectivity index (χ2v) is 5.07. The van der Waals surface area contributed by atoms with Gasteiger partial charge in [-0.25, -0.2) is 0 Å². The Bertz CT molecular complexity index is 443. The molecule has 1 heterocycles. The maximum atomic E-state index is 9.89. The van der Waals surface area contributed by atoms with Crippen LogP contribution >= 0.6 is 11.6 Å². The summed E-state index contributed by atoms with van der Waals surface area (Å²) in [5.41, 5.74) is 0.592. The largest absolute Gasteiger partial charge is 0.394 e. The van der Waals surface area contributed by atoms with Gasteiger partial charge in [0.1, 0.15) is 24.4 Å². The molecule has 4 N–H and O–H groups in total. The smallest absolute Gasteiger partial charge is 0.184 e. The summed E-state index contributed by atoms with van der Waals surface area (Å²) in [6.45, 7) is -0.760. The van der Waals surface area contributed by atoms with Crippen LogP contribution in [0, 0.1) is 0 Å². The van der Waals surface area contributed by atoms with E-state index < -0.39 is 37.3 Å². The first-order valence-electron chi connectivity index (χ1n) is 6.20. The van der Waals surface area contributed by atoms with Gasteiger partial charge in [-0.05, 0) is 12.1 Å². The van der Waals surface area contributed by atoms with Crippen LogP contribution in [-0.4, -0.2) is 58.1 Å². The number of hydrogen-bond donors (Lipinski definition) is 4. The van der Waals surface area contributed by atoms with Crippen LogP contribution in [0.4, 0.5) is 0 Å². The van der Waals surface area contributed by atoms with Crippen molar-refractivity contribution < 1.29 is 29.9 Å². The van der Waals surface area contributed by atoms with E-state index in [2.05, 4.69) is 0 Å². The van der Waals surface area contributed by atoms with Crippen molar-refractivity contribution in [1.82, 2.24) is 0 Å². The maximum Gasteiger partial charge on any atom is 0.184 e. The first-order valence-corrected chi connectivity index (χ1v) is 6.58. The third kappa shape index (κ3) is 3.48. The van der Waals surface area contributed by atoms with Gasteiger partial charge in [-0.3, -0.25) is 0 Å². The van der Waals surface area contributed by atoms with E-state index in [0.29, 0.717) is 10.6 Å². The molecule has 112 valence electrons. The molecule has 0 amide bonds. The number of hydrogen-bond acceptors (Lipinski definition) is 6. The fourth-order valence-corrected chi connectivity index (χ4v) is 2.21. The Morgan fingerprint density at radius 3 is 2.75 bits per heavy atom. The van der Waals surface area contributed by atoms with E-state index >= 15 is 0 Å². The summed E-state index contributed by atoms with van der Waals surface area (Å²) in [6, 6.07) is 6.73. The van der Waals surface area contributed by atoms with E-state index in [-0.39, 0.29) is 6.61 Å². The van der Waals surface area contributed by atoms with Crippen LogP contribution in [0.3, 0.4) is 0 Å². The fourth-order valence-electron chi connectivity index (χ4n) is 2.02. The Morgan fingerprint density at radius 1 is 1.35 bits per heavy atom. The lowest BCUT2D eigenvalue weighted by molar-refractivity contribution is -0.199. The van der Waals surface area contributed by atoms with Crippen LogP contribution in [0.25, 0.3) is 0 Å². The average molecular weight is 305 g/mol. The minimum atomic E-state index is -1.36. The Morgan fingerprint density at radius 2 is 2.10 bits per heavy atom. The van der Waals surface area contributed by atoms with Crippen molar-refractivity contribution in [2.24, 2.45) is 0 Å². The van der Waals surface area contributed by atoms with Crippen molar-refractivity contribution in [1.29, 1.82) is 0 Å². The third-order valence-electron chi connectivity index (χ3n) is 3.12. The van der Waals surface area contributed by atoms with E-state index in [9.17, 15) is 15.3 Å². The van der Waals surface area contributed by atoms with Gasteiger partial charge >= 0.3 is 0 Å². The van der Waals surface area contributed by atoms with Crippen molar-refractivity contribution in [3.63, 3.8) is 0 Å². The molecule has 0 aromatic heterocycles. The molecule has 1 aromatic rings. The van der Waals surface area contributed by atoms with Gasteiger partial charge in [0.05, 0.1) is 13.2 Å². The summed E-state index contributed by atoms with van der Waals surface area (Å²) >= 11 is 5.89. The number of aliphatic hydroxyl groups excluding tert-OH is 4. The first kappa shape index (κ1) is 15.7. The summed E-state index contributed by atoms with van der Waals surface area (Å²) in [4.78, 5) is 0. The molecule has 0 aliphatic carbocycles. The number of ether oxygens (including phenoxy) is 2. The van der Waals surface area contributed by atoms with Crippen molar-refractivity contribution in [3.05, 3.63) is 34.9 Å². The van der Waals surface area contributed by atoms with Crippen molar-refractivity contribution in [2.75, 3.05) is 13.2 Å². The lowest BCUT2D eigenvalue weighted by Gasteiger charge is -2.27. The van der Waals surface area contributed by atoms with E-state index in [0.717, 1.165) is 0 Å². The Balaban J connectivity index is 2.22. The zero-order valence-corrected chi connectivity index (χ0v) is 11.3. The highest BCUT2D eigenvalue weighted by Gasteiger charge is 2.38. The van der Waals surface area contributed by atoms with Crippen LogP contribution in [0.5, 0.6) is 0 Å². The molecular weight excluding hydrogens is 288 g/mol. The standard InChI is InChI=1S/C13H17ClO6/c14-8-3-1-2-7(4-8)13-19-6-10(17)11(18)12(20-13)9(16)5-15/h1-4,9-13,15-18H,5-6H2/t9-,10+,11+,12+,13?/m0/s1. The predicted molar refractivity (Wildman–Crippen MR) is 70.1 cm³/mol. The van der Waals surface area contributed by atoms with Crippen molar-refractivity contribution >= 4 is 11.6 Å². The molecule has 0 radical (unpaired) electrons. The van der Waals surface area contributed by atoms with Crippen LogP contribution in [0.1, 0.15) is 11.9 Å². The minimum absolute atomic E-state index is 0.160. The molecule has 1 saturated heterocycles. The summed E-state index contributed by atoms with van der Waals surface area (Å²) in [6.07, 6.45) is -5.97. The molecule has 1 aromatic carbocycles. The van der Waals surface area contributed by atoms with E-state index in [4.69, 9.17) is 26.2 Å². The molecule has 0 spiro atoms. The monoisotopic (exact) mass is 304 g/mol. The molecule has 1 aliphatic heterocycles. The molecule has 2 rings (SSSR count). The third-order valence-corrected chi connectivity index (χ3v) is 3.35. The second kappa shape index (κ2) is 6.82. The van der Waals surface area contributed by atoms with Gasteiger partial charge in [0, 0.05) is 10.6 Å². The molecule has 1 fully saturated rings. The number of rotatable bonds is 3. The lowest BCUT2D eigenvalue weighted by atomic mass is 10.0. The van der Waals surface area contributed by atoms with E-state index in [1.807, 2.05) is 0 Å². The van der Waals surface area contributed by atoms with Crippen molar-refractivity contribution in [3.8, 4) is 0 Å². The topological polar surface area (TPSA) is 99.4 Å². The zero-order valence-electron chi connectivity index (χ0n) is 10.6. The minimum Gasteiger partial charge on any atom is -0.394 e. The van der Waals surface area contributed by atoms with Crippen LogP contribution < -0.4 is 0 Å². The Labute approximate surface area is 121 Å². The average Bonchev–Trinajstić information content (AvgIpc) is 2.59. The van der Waals surface area contributed by atoms with Gasteiger partial charge in [0.2, 0.25) is 0 Å². The van der Waals surface area contributed by atoms with E-state index in [1.165, 1.54) is 0 Å². The fraction of sp³-hybridized carbons (Fsp3) is 0.538. The molecule has 20 heavy (non-hydrogen) atoms. The molecule has 1 aliphatic rings. The zero-order chi connectivity index (χ0) is 14.7. The SMILES string of the molecule is OC[C@H](O)[C@H]1OC(c2cccc(Cl)c2)OC[C@@H](O)[C@H]1O. The van der Waals surface area contributed by atoms with Crippen LogP contribution in [-0.2, 0) is 9.47 Å². The summed E-state index contributed by atoms with van der Waals surface area (Å²) < 4.78 is 10.9.